The third kappa shape index (κ3) is 4.98. The zero-order valence-corrected chi connectivity index (χ0v) is 17.5. The second kappa shape index (κ2) is 9.45. The van der Waals surface area contributed by atoms with Gasteiger partial charge in [-0.3, -0.25) is 14.9 Å². The number of nitrogens with zero attached hydrogens (tertiary/aromatic N) is 2. The second-order valence-electron chi connectivity index (χ2n) is 6.81. The molecule has 2 aromatic carbocycles. The normalized spacial score (nSPS) is 11.8. The fourth-order valence-electron chi connectivity index (χ4n) is 2.73. The minimum atomic E-state index is -0.874. The Morgan fingerprint density at radius 3 is 2.57 bits per heavy atom. The lowest BCUT2D eigenvalue weighted by Crippen LogP contribution is -2.47. The molecule has 7 nitrogen and oxygen atoms in total. The highest BCUT2D eigenvalue weighted by Gasteiger charge is 2.26. The van der Waals surface area contributed by atoms with Crippen molar-refractivity contribution in [2.45, 2.75) is 19.9 Å². The molecule has 1 unspecified atom stereocenters. The predicted octanol–water partition coefficient (Wildman–Crippen LogP) is 3.75. The third-order valence-electron chi connectivity index (χ3n) is 4.33. The van der Waals surface area contributed by atoms with E-state index in [1.54, 1.807) is 27.0 Å². The van der Waals surface area contributed by atoms with E-state index >= 15 is 0 Å². The lowest BCUT2D eigenvalue weighted by Gasteiger charge is -2.21. The van der Waals surface area contributed by atoms with E-state index in [1.807, 2.05) is 24.3 Å². The van der Waals surface area contributed by atoms with Crippen LogP contribution in [0.15, 0.2) is 48.5 Å². The average Bonchev–Trinajstić information content (AvgIpc) is 3.20. The maximum absolute atomic E-state index is 13.9. The van der Waals surface area contributed by atoms with E-state index < -0.39 is 23.7 Å². The topological polar surface area (TPSA) is 93.2 Å². The number of halogens is 1. The number of amides is 2. The highest BCUT2D eigenvalue weighted by atomic mass is 32.1. The molecule has 3 rings (SSSR count). The number of carbonyl (C=O) groups excluding carboxylic acids is 2. The van der Waals surface area contributed by atoms with E-state index in [1.165, 1.54) is 29.5 Å². The van der Waals surface area contributed by atoms with Crippen LogP contribution in [0.1, 0.15) is 24.2 Å². The summed E-state index contributed by atoms with van der Waals surface area (Å²) < 4.78 is 19.1. The number of carbonyl (C=O) groups is 2. The molecule has 0 aliphatic carbocycles. The number of ether oxygens (including phenoxy) is 1. The Labute approximate surface area is 177 Å². The first-order valence-electron chi connectivity index (χ1n) is 9.23. The summed E-state index contributed by atoms with van der Waals surface area (Å²) in [6.45, 7) is 3.57. The Morgan fingerprint density at radius 1 is 1.10 bits per heavy atom. The predicted molar refractivity (Wildman–Crippen MR) is 113 cm³/mol. The maximum atomic E-state index is 13.9. The Morgan fingerprint density at radius 2 is 1.87 bits per heavy atom. The molecule has 9 heteroatoms. The number of nitrogens with one attached hydrogen (secondary N) is 2. The van der Waals surface area contributed by atoms with Gasteiger partial charge in [-0.1, -0.05) is 49.4 Å². The fraction of sp³-hybridized carbons (Fsp3) is 0.238. The molecule has 0 aliphatic heterocycles. The first-order chi connectivity index (χ1) is 14.4. The molecule has 0 aliphatic rings. The number of benzene rings is 2. The lowest BCUT2D eigenvalue weighted by molar-refractivity contribution is -0.118. The van der Waals surface area contributed by atoms with Crippen molar-refractivity contribution < 1.29 is 18.7 Å². The van der Waals surface area contributed by atoms with Crippen LogP contribution in [0.5, 0.6) is 5.75 Å². The van der Waals surface area contributed by atoms with Gasteiger partial charge in [-0.25, -0.2) is 4.39 Å². The van der Waals surface area contributed by atoms with Crippen molar-refractivity contribution in [2.75, 3.05) is 12.4 Å². The molecule has 156 valence electrons. The summed E-state index contributed by atoms with van der Waals surface area (Å²) in [5.41, 5.74) is 0.688. The van der Waals surface area contributed by atoms with Gasteiger partial charge in [0.15, 0.2) is 0 Å². The molecule has 30 heavy (non-hydrogen) atoms. The van der Waals surface area contributed by atoms with Crippen molar-refractivity contribution in [1.82, 2.24) is 15.5 Å². The summed E-state index contributed by atoms with van der Waals surface area (Å²) in [7, 11) is 1.58. The largest absolute Gasteiger partial charge is 0.497 e. The van der Waals surface area contributed by atoms with E-state index in [0.717, 1.165) is 5.56 Å². The summed E-state index contributed by atoms with van der Waals surface area (Å²) >= 11 is 1.20. The molecule has 0 saturated carbocycles. The molecule has 0 saturated heterocycles. The first kappa shape index (κ1) is 21.4. The van der Waals surface area contributed by atoms with Crippen molar-refractivity contribution in [3.8, 4) is 16.3 Å². The molecule has 1 heterocycles. The van der Waals surface area contributed by atoms with Crippen LogP contribution in [0.3, 0.4) is 0 Å². The highest BCUT2D eigenvalue weighted by Crippen LogP contribution is 2.29. The van der Waals surface area contributed by atoms with Crippen LogP contribution >= 0.6 is 11.3 Å². The monoisotopic (exact) mass is 428 g/mol. The van der Waals surface area contributed by atoms with Gasteiger partial charge in [0.25, 0.3) is 5.91 Å². The van der Waals surface area contributed by atoms with Gasteiger partial charge in [-0.2, -0.15) is 0 Å². The Hall–Kier alpha value is -3.33. The highest BCUT2D eigenvalue weighted by molar-refractivity contribution is 7.18. The van der Waals surface area contributed by atoms with Crippen LogP contribution in [-0.2, 0) is 4.79 Å². The van der Waals surface area contributed by atoms with Gasteiger partial charge in [0.05, 0.1) is 12.7 Å². The van der Waals surface area contributed by atoms with E-state index in [0.29, 0.717) is 15.9 Å². The molecule has 0 fully saturated rings. The number of aromatic nitrogens is 2. The zero-order valence-electron chi connectivity index (χ0n) is 16.7. The van der Waals surface area contributed by atoms with Crippen molar-refractivity contribution in [2.24, 2.45) is 5.92 Å². The zero-order chi connectivity index (χ0) is 21.7. The van der Waals surface area contributed by atoms with Gasteiger partial charge in [0.2, 0.25) is 11.0 Å². The van der Waals surface area contributed by atoms with Gasteiger partial charge in [-0.15, -0.1) is 10.2 Å². The molecule has 0 bridgehead atoms. The number of hydrogen-bond acceptors (Lipinski definition) is 6. The number of anilines is 1. The van der Waals surface area contributed by atoms with Gasteiger partial charge >= 0.3 is 0 Å². The molecular formula is C21H21FN4O3S. The molecule has 0 radical (unpaired) electrons. The van der Waals surface area contributed by atoms with Gasteiger partial charge in [0.1, 0.15) is 22.6 Å². The summed E-state index contributed by atoms with van der Waals surface area (Å²) in [5.74, 6) is -1.31. The molecule has 3 aromatic rings. The van der Waals surface area contributed by atoms with Crippen molar-refractivity contribution in [1.29, 1.82) is 0 Å². The summed E-state index contributed by atoms with van der Waals surface area (Å²) in [6.07, 6.45) is 0. The van der Waals surface area contributed by atoms with Crippen LogP contribution in [0.2, 0.25) is 0 Å². The van der Waals surface area contributed by atoms with E-state index in [9.17, 15) is 14.0 Å². The van der Waals surface area contributed by atoms with Crippen molar-refractivity contribution in [3.63, 3.8) is 0 Å². The summed E-state index contributed by atoms with van der Waals surface area (Å²) in [6, 6.07) is 12.1. The molecule has 0 spiro atoms. The molecule has 1 aromatic heterocycles. The van der Waals surface area contributed by atoms with Gasteiger partial charge < -0.3 is 10.1 Å². The standard InChI is InChI=1S/C21H21FN4O3S/c1-12(2)17(23-18(27)15-9-4-5-10-16(15)22)19(28)24-21-26-25-20(30-21)13-7-6-8-14(11-13)29-3/h4-12,17H,1-3H3,(H,23,27)(H,24,26,28). The summed E-state index contributed by atoms with van der Waals surface area (Å²) in [4.78, 5) is 25.2. The fourth-order valence-corrected chi connectivity index (χ4v) is 3.47. The van der Waals surface area contributed by atoms with Crippen LogP contribution in [0, 0.1) is 11.7 Å². The van der Waals surface area contributed by atoms with Gasteiger partial charge in [0, 0.05) is 5.56 Å². The van der Waals surface area contributed by atoms with Crippen LogP contribution in [0.4, 0.5) is 9.52 Å². The number of hydrogen-bond donors (Lipinski definition) is 2. The third-order valence-corrected chi connectivity index (χ3v) is 5.21. The Kier molecular flexibility index (Phi) is 6.73. The minimum absolute atomic E-state index is 0.118. The quantitative estimate of drug-likeness (QED) is 0.598. The van der Waals surface area contributed by atoms with E-state index in [-0.39, 0.29) is 11.5 Å². The minimum Gasteiger partial charge on any atom is -0.497 e. The van der Waals surface area contributed by atoms with Gasteiger partial charge in [-0.05, 0) is 30.2 Å². The van der Waals surface area contributed by atoms with Crippen molar-refractivity contribution in [3.05, 3.63) is 59.9 Å². The summed E-state index contributed by atoms with van der Waals surface area (Å²) in [5, 5.41) is 14.3. The Balaban J connectivity index is 1.72. The molecule has 2 N–H and O–H groups in total. The van der Waals surface area contributed by atoms with E-state index in [4.69, 9.17) is 4.74 Å². The molecule has 2 amide bonds. The van der Waals surface area contributed by atoms with E-state index in [2.05, 4.69) is 20.8 Å². The molecular weight excluding hydrogens is 407 g/mol. The smallest absolute Gasteiger partial charge is 0.254 e. The van der Waals surface area contributed by atoms with Crippen LogP contribution < -0.4 is 15.4 Å². The van der Waals surface area contributed by atoms with Crippen LogP contribution in [0.25, 0.3) is 10.6 Å². The van der Waals surface area contributed by atoms with Crippen LogP contribution in [-0.4, -0.2) is 35.2 Å². The number of rotatable bonds is 7. The average molecular weight is 428 g/mol. The number of methoxy groups -OCH3 is 1. The lowest BCUT2D eigenvalue weighted by atomic mass is 10.0. The molecule has 1 atom stereocenters. The second-order valence-corrected chi connectivity index (χ2v) is 7.79. The Bertz CT molecular complexity index is 1050. The first-order valence-corrected chi connectivity index (χ1v) is 10.0. The SMILES string of the molecule is COc1cccc(-c2nnc(NC(=O)C(NC(=O)c3ccccc3F)C(C)C)s2)c1. The van der Waals surface area contributed by atoms with Crippen molar-refractivity contribution >= 4 is 28.3 Å². The maximum Gasteiger partial charge on any atom is 0.254 e.